The molecule has 5 nitrogen and oxygen atoms in total. The standard InChI is InChI=1S/C18H16ClNO4/c1-3-22-18(21)11(2)23-14-8-9-15-16(10-14)24-20-17(15)12-4-6-13(19)7-5-12/h4-11H,3H2,1-2H3. The van der Waals surface area contributed by atoms with Crippen LogP contribution in [0.3, 0.4) is 0 Å². The summed E-state index contributed by atoms with van der Waals surface area (Å²) in [5.41, 5.74) is 2.21. The van der Waals surface area contributed by atoms with E-state index in [1.807, 2.05) is 18.2 Å². The van der Waals surface area contributed by atoms with Crippen molar-refractivity contribution in [3.05, 3.63) is 47.5 Å². The summed E-state index contributed by atoms with van der Waals surface area (Å²) in [5.74, 6) is 0.110. The highest BCUT2D eigenvalue weighted by Gasteiger charge is 2.17. The van der Waals surface area contributed by atoms with Gasteiger partial charge in [0.05, 0.1) is 6.61 Å². The first-order valence-corrected chi connectivity index (χ1v) is 7.95. The van der Waals surface area contributed by atoms with Crippen molar-refractivity contribution in [2.24, 2.45) is 0 Å². The smallest absolute Gasteiger partial charge is 0.347 e. The molecule has 1 unspecified atom stereocenters. The molecule has 0 bridgehead atoms. The van der Waals surface area contributed by atoms with Gasteiger partial charge in [0.2, 0.25) is 0 Å². The molecule has 0 saturated heterocycles. The zero-order chi connectivity index (χ0) is 17.1. The van der Waals surface area contributed by atoms with E-state index in [4.69, 9.17) is 25.6 Å². The highest BCUT2D eigenvalue weighted by molar-refractivity contribution is 6.30. The number of hydrogen-bond acceptors (Lipinski definition) is 5. The van der Waals surface area contributed by atoms with Gasteiger partial charge in [0.15, 0.2) is 11.7 Å². The molecule has 1 atom stereocenters. The molecule has 0 fully saturated rings. The first kappa shape index (κ1) is 16.3. The molecule has 6 heteroatoms. The van der Waals surface area contributed by atoms with Crippen LogP contribution in [-0.2, 0) is 9.53 Å². The zero-order valence-corrected chi connectivity index (χ0v) is 14.0. The minimum Gasteiger partial charge on any atom is -0.479 e. The number of aromatic nitrogens is 1. The number of benzene rings is 2. The van der Waals surface area contributed by atoms with Gasteiger partial charge in [0.1, 0.15) is 11.4 Å². The Morgan fingerprint density at radius 1 is 1.25 bits per heavy atom. The van der Waals surface area contributed by atoms with E-state index in [0.29, 0.717) is 23.0 Å². The van der Waals surface area contributed by atoms with E-state index in [2.05, 4.69) is 5.16 Å². The molecule has 0 saturated carbocycles. The number of ether oxygens (including phenoxy) is 2. The fraction of sp³-hybridized carbons (Fsp3) is 0.222. The Labute approximate surface area is 144 Å². The molecule has 124 valence electrons. The second kappa shape index (κ2) is 6.93. The van der Waals surface area contributed by atoms with Crippen molar-refractivity contribution in [1.82, 2.24) is 5.16 Å². The van der Waals surface area contributed by atoms with Crippen LogP contribution in [0.4, 0.5) is 0 Å². The lowest BCUT2D eigenvalue weighted by Gasteiger charge is -2.12. The SMILES string of the molecule is CCOC(=O)C(C)Oc1ccc2c(-c3ccc(Cl)cc3)noc2c1. The van der Waals surface area contributed by atoms with Gasteiger partial charge in [-0.25, -0.2) is 4.79 Å². The summed E-state index contributed by atoms with van der Waals surface area (Å²) >= 11 is 5.91. The molecular formula is C18H16ClNO4. The van der Waals surface area contributed by atoms with Gasteiger partial charge in [0, 0.05) is 22.0 Å². The summed E-state index contributed by atoms with van der Waals surface area (Å²) in [4.78, 5) is 11.6. The van der Waals surface area contributed by atoms with Crippen LogP contribution >= 0.6 is 11.6 Å². The molecule has 0 N–H and O–H groups in total. The largest absolute Gasteiger partial charge is 0.479 e. The number of halogens is 1. The van der Waals surface area contributed by atoms with Crippen LogP contribution in [-0.4, -0.2) is 23.8 Å². The highest BCUT2D eigenvalue weighted by Crippen LogP contribution is 2.31. The van der Waals surface area contributed by atoms with E-state index < -0.39 is 12.1 Å². The third-order valence-electron chi connectivity index (χ3n) is 3.49. The predicted octanol–water partition coefficient (Wildman–Crippen LogP) is 4.48. The molecule has 2 aromatic carbocycles. The summed E-state index contributed by atoms with van der Waals surface area (Å²) in [5, 5.41) is 5.63. The Kier molecular flexibility index (Phi) is 4.71. The number of nitrogens with zero attached hydrogens (tertiary/aromatic N) is 1. The van der Waals surface area contributed by atoms with Crippen molar-refractivity contribution < 1.29 is 18.8 Å². The molecule has 0 amide bonds. The summed E-state index contributed by atoms with van der Waals surface area (Å²) < 4.78 is 15.9. The van der Waals surface area contributed by atoms with Crippen LogP contribution < -0.4 is 4.74 Å². The van der Waals surface area contributed by atoms with Crippen LogP contribution in [0, 0.1) is 0 Å². The number of hydrogen-bond donors (Lipinski definition) is 0. The Morgan fingerprint density at radius 2 is 2.00 bits per heavy atom. The Bertz CT molecular complexity index is 857. The van der Waals surface area contributed by atoms with Gasteiger partial charge in [-0.2, -0.15) is 0 Å². The Balaban J connectivity index is 1.85. The van der Waals surface area contributed by atoms with Crippen molar-refractivity contribution in [2.45, 2.75) is 20.0 Å². The number of carbonyl (C=O) groups is 1. The maximum atomic E-state index is 11.6. The maximum absolute atomic E-state index is 11.6. The fourth-order valence-electron chi connectivity index (χ4n) is 2.32. The van der Waals surface area contributed by atoms with Gasteiger partial charge < -0.3 is 14.0 Å². The van der Waals surface area contributed by atoms with Gasteiger partial charge in [0.25, 0.3) is 0 Å². The molecule has 0 aliphatic carbocycles. The summed E-state index contributed by atoms with van der Waals surface area (Å²) in [6, 6.07) is 12.7. The molecule has 1 aromatic heterocycles. The number of fused-ring (bicyclic) bond motifs is 1. The predicted molar refractivity (Wildman–Crippen MR) is 91.2 cm³/mol. The molecule has 1 heterocycles. The van der Waals surface area contributed by atoms with E-state index in [1.165, 1.54) is 0 Å². The summed E-state index contributed by atoms with van der Waals surface area (Å²) in [6.45, 7) is 3.71. The average Bonchev–Trinajstić information content (AvgIpc) is 2.99. The van der Waals surface area contributed by atoms with Crippen LogP contribution in [0.2, 0.25) is 5.02 Å². The quantitative estimate of drug-likeness (QED) is 0.638. The van der Waals surface area contributed by atoms with Gasteiger partial charge in [-0.3, -0.25) is 0 Å². The van der Waals surface area contributed by atoms with Gasteiger partial charge in [-0.15, -0.1) is 0 Å². The van der Waals surface area contributed by atoms with Crippen LogP contribution in [0.15, 0.2) is 47.0 Å². The summed E-state index contributed by atoms with van der Waals surface area (Å²) in [6.07, 6.45) is -0.693. The van der Waals surface area contributed by atoms with Gasteiger partial charge in [-0.1, -0.05) is 28.9 Å². The van der Waals surface area contributed by atoms with E-state index >= 15 is 0 Å². The van der Waals surface area contributed by atoms with Gasteiger partial charge in [-0.05, 0) is 38.1 Å². The van der Waals surface area contributed by atoms with Crippen molar-refractivity contribution in [2.75, 3.05) is 6.61 Å². The molecular weight excluding hydrogens is 330 g/mol. The Morgan fingerprint density at radius 3 is 2.71 bits per heavy atom. The normalized spacial score (nSPS) is 12.1. The highest BCUT2D eigenvalue weighted by atomic mass is 35.5. The molecule has 24 heavy (non-hydrogen) atoms. The van der Waals surface area contributed by atoms with E-state index in [1.54, 1.807) is 38.1 Å². The first-order valence-electron chi connectivity index (χ1n) is 7.57. The van der Waals surface area contributed by atoms with Crippen LogP contribution in [0.1, 0.15) is 13.8 Å². The van der Waals surface area contributed by atoms with Crippen molar-refractivity contribution in [1.29, 1.82) is 0 Å². The Hall–Kier alpha value is -2.53. The number of esters is 1. The minimum atomic E-state index is -0.693. The molecule has 0 aliphatic heterocycles. The van der Waals surface area contributed by atoms with Crippen molar-refractivity contribution in [3.8, 4) is 17.0 Å². The van der Waals surface area contributed by atoms with Crippen LogP contribution in [0.5, 0.6) is 5.75 Å². The topological polar surface area (TPSA) is 61.6 Å². The van der Waals surface area contributed by atoms with Gasteiger partial charge >= 0.3 is 5.97 Å². The summed E-state index contributed by atoms with van der Waals surface area (Å²) in [7, 11) is 0. The average molecular weight is 346 g/mol. The molecule has 0 aliphatic rings. The number of rotatable bonds is 5. The molecule has 3 rings (SSSR count). The third kappa shape index (κ3) is 3.36. The van der Waals surface area contributed by atoms with E-state index in [0.717, 1.165) is 16.6 Å². The third-order valence-corrected chi connectivity index (χ3v) is 3.74. The molecule has 0 spiro atoms. The lowest BCUT2D eigenvalue weighted by atomic mass is 10.1. The van der Waals surface area contributed by atoms with E-state index in [9.17, 15) is 4.79 Å². The molecule has 0 radical (unpaired) electrons. The zero-order valence-electron chi connectivity index (χ0n) is 13.3. The fourth-order valence-corrected chi connectivity index (χ4v) is 2.44. The number of carbonyl (C=O) groups excluding carboxylic acids is 1. The molecule has 3 aromatic rings. The van der Waals surface area contributed by atoms with Crippen molar-refractivity contribution >= 4 is 28.5 Å². The second-order valence-corrected chi connectivity index (χ2v) is 5.64. The van der Waals surface area contributed by atoms with Crippen LogP contribution in [0.25, 0.3) is 22.2 Å². The lowest BCUT2D eigenvalue weighted by Crippen LogP contribution is -2.25. The minimum absolute atomic E-state index is 0.318. The van der Waals surface area contributed by atoms with Crippen molar-refractivity contribution in [3.63, 3.8) is 0 Å². The lowest BCUT2D eigenvalue weighted by molar-refractivity contribution is -0.150. The van der Waals surface area contributed by atoms with E-state index in [-0.39, 0.29) is 0 Å². The first-order chi connectivity index (χ1) is 11.6. The maximum Gasteiger partial charge on any atom is 0.347 e. The second-order valence-electron chi connectivity index (χ2n) is 5.21. The monoisotopic (exact) mass is 345 g/mol.